The third-order valence-corrected chi connectivity index (χ3v) is 5.12. The molecule has 5 heteroatoms. The molecule has 4 atom stereocenters. The van der Waals surface area contributed by atoms with Crippen LogP contribution in [-0.4, -0.2) is 31.0 Å². The zero-order valence-electron chi connectivity index (χ0n) is 8.22. The van der Waals surface area contributed by atoms with Gasteiger partial charge in [-0.05, 0) is 38.5 Å². The molecule has 0 spiro atoms. The maximum Gasteiger partial charge on any atom is 0.270 e. The van der Waals surface area contributed by atoms with E-state index in [1.165, 1.54) is 0 Å². The number of hydrogen-bond donors (Lipinski definition) is 1. The van der Waals surface area contributed by atoms with Gasteiger partial charge in [0, 0.05) is 0 Å². The first-order valence-electron chi connectivity index (χ1n) is 5.09. The average Bonchev–Trinajstić information content (AvgIpc) is 2.05. The molecule has 0 aromatic heterocycles. The molecule has 82 valence electrons. The Morgan fingerprint density at radius 2 is 2.00 bits per heavy atom. The molecule has 0 aromatic rings. The molecule has 1 aliphatic carbocycles. The normalized spacial score (nSPS) is 47.0. The van der Waals surface area contributed by atoms with Crippen LogP contribution in [0.4, 0.5) is 0 Å². The van der Waals surface area contributed by atoms with Crippen molar-refractivity contribution in [2.75, 3.05) is 0 Å². The van der Waals surface area contributed by atoms with Crippen LogP contribution in [0, 0.1) is 5.92 Å². The monoisotopic (exact) mass is 220 g/mol. The summed E-state index contributed by atoms with van der Waals surface area (Å²) >= 11 is 0. The fourth-order valence-corrected chi connectivity index (χ4v) is 4.42. The van der Waals surface area contributed by atoms with Crippen LogP contribution in [0.1, 0.15) is 32.6 Å². The predicted octanol–water partition coefficient (Wildman–Crippen LogP) is 0.655. The number of fused-ring (bicyclic) bond motifs is 1. The van der Waals surface area contributed by atoms with Crippen molar-refractivity contribution < 1.29 is 17.7 Å². The van der Waals surface area contributed by atoms with Gasteiger partial charge in [-0.3, -0.25) is 4.18 Å². The van der Waals surface area contributed by atoms with E-state index in [2.05, 4.69) is 0 Å². The maximum atomic E-state index is 11.6. The van der Waals surface area contributed by atoms with Crippen LogP contribution in [0.3, 0.4) is 0 Å². The summed E-state index contributed by atoms with van der Waals surface area (Å²) in [7, 11) is -3.43. The Morgan fingerprint density at radius 1 is 1.29 bits per heavy atom. The molecule has 2 aliphatic rings. The molecule has 0 radical (unpaired) electrons. The van der Waals surface area contributed by atoms with Crippen molar-refractivity contribution in [1.82, 2.24) is 0 Å². The van der Waals surface area contributed by atoms with Crippen LogP contribution in [0.25, 0.3) is 0 Å². The van der Waals surface area contributed by atoms with Gasteiger partial charge in [0.1, 0.15) is 0 Å². The Balaban J connectivity index is 2.21. The summed E-state index contributed by atoms with van der Waals surface area (Å²) in [6.45, 7) is 1.79. The van der Waals surface area contributed by atoms with Crippen molar-refractivity contribution in [3.63, 3.8) is 0 Å². The standard InChI is InChI=1S/C9H16O4S/c1-6-4-7-2-3-8(10)5-9(7)14(11,12)13-6/h6-10H,2-5H2,1H3/t6-,7+,8-,9+/m1/s1. The van der Waals surface area contributed by atoms with E-state index in [0.29, 0.717) is 6.42 Å². The molecule has 1 N–H and O–H groups in total. The van der Waals surface area contributed by atoms with Crippen LogP contribution in [0.5, 0.6) is 0 Å². The smallest absolute Gasteiger partial charge is 0.270 e. The average molecular weight is 220 g/mol. The molecule has 2 fully saturated rings. The van der Waals surface area contributed by atoms with E-state index >= 15 is 0 Å². The first kappa shape index (κ1) is 10.4. The minimum Gasteiger partial charge on any atom is -0.393 e. The second kappa shape index (κ2) is 3.47. The molecular weight excluding hydrogens is 204 g/mol. The topological polar surface area (TPSA) is 63.6 Å². The van der Waals surface area contributed by atoms with E-state index in [9.17, 15) is 13.5 Å². The van der Waals surface area contributed by atoms with Gasteiger partial charge in [0.15, 0.2) is 0 Å². The molecule has 0 amide bonds. The van der Waals surface area contributed by atoms with Gasteiger partial charge in [0.2, 0.25) is 0 Å². The molecule has 1 aliphatic heterocycles. The molecule has 0 unspecified atom stereocenters. The van der Waals surface area contributed by atoms with Crippen molar-refractivity contribution in [2.45, 2.75) is 50.1 Å². The van der Waals surface area contributed by atoms with Gasteiger partial charge in [-0.1, -0.05) is 0 Å². The quantitative estimate of drug-likeness (QED) is 0.609. The molecule has 1 saturated heterocycles. The zero-order valence-corrected chi connectivity index (χ0v) is 9.03. The van der Waals surface area contributed by atoms with Gasteiger partial charge in [0.05, 0.1) is 17.5 Å². The highest BCUT2D eigenvalue weighted by molar-refractivity contribution is 7.87. The Kier molecular flexibility index (Phi) is 2.57. The summed E-state index contributed by atoms with van der Waals surface area (Å²) in [5, 5.41) is 8.96. The summed E-state index contributed by atoms with van der Waals surface area (Å²) in [4.78, 5) is 0. The number of rotatable bonds is 0. The largest absolute Gasteiger partial charge is 0.393 e. The minimum atomic E-state index is -3.43. The molecule has 14 heavy (non-hydrogen) atoms. The van der Waals surface area contributed by atoms with Crippen molar-refractivity contribution in [3.05, 3.63) is 0 Å². The lowest BCUT2D eigenvalue weighted by atomic mass is 9.83. The molecular formula is C9H16O4S. The Labute approximate surface area is 84.4 Å². The summed E-state index contributed by atoms with van der Waals surface area (Å²) < 4.78 is 28.2. The van der Waals surface area contributed by atoms with Gasteiger partial charge in [0.25, 0.3) is 10.1 Å². The summed E-state index contributed by atoms with van der Waals surface area (Å²) in [5.74, 6) is 0.187. The summed E-state index contributed by atoms with van der Waals surface area (Å²) in [6.07, 6.45) is 2.01. The van der Waals surface area contributed by atoms with Gasteiger partial charge < -0.3 is 5.11 Å². The van der Waals surface area contributed by atoms with E-state index in [0.717, 1.165) is 19.3 Å². The molecule has 1 heterocycles. The van der Waals surface area contributed by atoms with E-state index in [4.69, 9.17) is 4.18 Å². The van der Waals surface area contributed by atoms with Crippen molar-refractivity contribution >= 4 is 10.1 Å². The summed E-state index contributed by atoms with van der Waals surface area (Å²) in [5.41, 5.74) is 0. The third-order valence-electron chi connectivity index (χ3n) is 3.20. The van der Waals surface area contributed by atoms with Crippen LogP contribution in [-0.2, 0) is 14.3 Å². The molecule has 0 aromatic carbocycles. The first-order chi connectivity index (χ1) is 6.49. The van der Waals surface area contributed by atoms with Crippen LogP contribution in [0.2, 0.25) is 0 Å². The van der Waals surface area contributed by atoms with Gasteiger partial charge in [-0.15, -0.1) is 0 Å². The fraction of sp³-hybridized carbons (Fsp3) is 1.00. The minimum absolute atomic E-state index is 0.187. The van der Waals surface area contributed by atoms with Crippen LogP contribution >= 0.6 is 0 Å². The predicted molar refractivity (Wildman–Crippen MR) is 51.2 cm³/mol. The molecule has 1 saturated carbocycles. The highest BCUT2D eigenvalue weighted by Gasteiger charge is 2.44. The number of hydrogen-bond acceptors (Lipinski definition) is 4. The van der Waals surface area contributed by atoms with Crippen molar-refractivity contribution in [3.8, 4) is 0 Å². The first-order valence-corrected chi connectivity index (χ1v) is 6.56. The third kappa shape index (κ3) is 1.81. The van der Waals surface area contributed by atoms with Gasteiger partial charge in [-0.25, -0.2) is 0 Å². The zero-order chi connectivity index (χ0) is 10.3. The lowest BCUT2D eigenvalue weighted by Gasteiger charge is -2.38. The van der Waals surface area contributed by atoms with Crippen LogP contribution < -0.4 is 0 Å². The Morgan fingerprint density at radius 3 is 2.71 bits per heavy atom. The van der Waals surface area contributed by atoms with Gasteiger partial charge >= 0.3 is 0 Å². The maximum absolute atomic E-state index is 11.6. The number of aliphatic hydroxyl groups excluding tert-OH is 1. The molecule has 4 nitrogen and oxygen atoms in total. The second-order valence-electron chi connectivity index (χ2n) is 4.40. The van der Waals surface area contributed by atoms with Crippen molar-refractivity contribution in [1.29, 1.82) is 0 Å². The van der Waals surface area contributed by atoms with Gasteiger partial charge in [-0.2, -0.15) is 8.42 Å². The van der Waals surface area contributed by atoms with E-state index in [1.807, 2.05) is 0 Å². The Hall–Kier alpha value is -0.130. The Bertz CT molecular complexity index is 311. The van der Waals surface area contributed by atoms with E-state index in [1.54, 1.807) is 6.92 Å². The SMILES string of the molecule is C[C@@H]1C[C@@H]2CC[C@@H](O)C[C@@H]2S(=O)(=O)O1. The highest BCUT2D eigenvalue weighted by atomic mass is 32.2. The number of aliphatic hydroxyl groups is 1. The molecule has 0 bridgehead atoms. The van der Waals surface area contributed by atoms with Crippen LogP contribution in [0.15, 0.2) is 0 Å². The highest BCUT2D eigenvalue weighted by Crippen LogP contribution is 2.38. The van der Waals surface area contributed by atoms with E-state index < -0.39 is 21.5 Å². The second-order valence-corrected chi connectivity index (χ2v) is 6.18. The van der Waals surface area contributed by atoms with E-state index in [-0.39, 0.29) is 12.0 Å². The fourth-order valence-electron chi connectivity index (χ4n) is 2.56. The lowest BCUT2D eigenvalue weighted by molar-refractivity contribution is 0.0714. The summed E-state index contributed by atoms with van der Waals surface area (Å²) in [6, 6.07) is 0. The molecule has 2 rings (SSSR count). The lowest BCUT2D eigenvalue weighted by Crippen LogP contribution is -2.45. The van der Waals surface area contributed by atoms with Crippen molar-refractivity contribution in [2.24, 2.45) is 5.92 Å².